The standard InChI is InChI=1S/C17H21NO3/c1-13-9-11-17(12-10-13,16(20)21)18-15(19)8-7-14-5-3-2-4-6-14/h2-8,13H,9-12H2,1H3,(H,18,19)(H,20,21)/b8-7+. The van der Waals surface area contributed by atoms with Crippen molar-refractivity contribution in [1.82, 2.24) is 5.32 Å². The average Bonchev–Trinajstić information content (AvgIpc) is 2.48. The Morgan fingerprint density at radius 2 is 1.86 bits per heavy atom. The minimum Gasteiger partial charge on any atom is -0.480 e. The Morgan fingerprint density at radius 3 is 2.43 bits per heavy atom. The molecule has 112 valence electrons. The van der Waals surface area contributed by atoms with E-state index in [1.54, 1.807) is 6.08 Å². The van der Waals surface area contributed by atoms with Crippen LogP contribution in [0.3, 0.4) is 0 Å². The molecule has 0 saturated heterocycles. The molecule has 0 atom stereocenters. The number of carboxylic acid groups (broad SMARTS) is 1. The van der Waals surface area contributed by atoms with Gasteiger partial charge in [0, 0.05) is 6.08 Å². The van der Waals surface area contributed by atoms with E-state index in [1.165, 1.54) is 6.08 Å². The minimum atomic E-state index is -1.11. The predicted molar refractivity (Wildman–Crippen MR) is 81.6 cm³/mol. The summed E-state index contributed by atoms with van der Waals surface area (Å²) in [5, 5.41) is 12.2. The van der Waals surface area contributed by atoms with Crippen molar-refractivity contribution in [1.29, 1.82) is 0 Å². The highest BCUT2D eigenvalue weighted by molar-refractivity contribution is 5.95. The first-order valence-electron chi connectivity index (χ1n) is 7.30. The number of amides is 1. The summed E-state index contributed by atoms with van der Waals surface area (Å²) in [6.45, 7) is 2.11. The number of benzene rings is 1. The van der Waals surface area contributed by atoms with Crippen molar-refractivity contribution in [3.8, 4) is 0 Å². The second kappa shape index (κ2) is 6.57. The molecule has 0 spiro atoms. The highest BCUT2D eigenvalue weighted by Crippen LogP contribution is 2.32. The molecular formula is C17H21NO3. The molecule has 1 amide bonds. The smallest absolute Gasteiger partial charge is 0.329 e. The quantitative estimate of drug-likeness (QED) is 0.837. The number of rotatable bonds is 4. The Bertz CT molecular complexity index is 528. The zero-order chi connectivity index (χ0) is 15.3. The van der Waals surface area contributed by atoms with Crippen LogP contribution in [0.15, 0.2) is 36.4 Å². The van der Waals surface area contributed by atoms with Gasteiger partial charge in [0.25, 0.3) is 0 Å². The van der Waals surface area contributed by atoms with Crippen LogP contribution < -0.4 is 5.32 Å². The highest BCUT2D eigenvalue weighted by atomic mass is 16.4. The van der Waals surface area contributed by atoms with Crippen LogP contribution in [0.25, 0.3) is 6.08 Å². The molecule has 21 heavy (non-hydrogen) atoms. The van der Waals surface area contributed by atoms with Gasteiger partial charge in [-0.2, -0.15) is 0 Å². The van der Waals surface area contributed by atoms with Gasteiger partial charge < -0.3 is 10.4 Å². The summed E-state index contributed by atoms with van der Waals surface area (Å²) < 4.78 is 0. The van der Waals surface area contributed by atoms with Gasteiger partial charge in [-0.1, -0.05) is 37.3 Å². The summed E-state index contributed by atoms with van der Waals surface area (Å²) in [7, 11) is 0. The van der Waals surface area contributed by atoms with E-state index in [4.69, 9.17) is 0 Å². The van der Waals surface area contributed by atoms with Crippen molar-refractivity contribution in [2.45, 2.75) is 38.1 Å². The zero-order valence-corrected chi connectivity index (χ0v) is 12.2. The molecule has 1 aliphatic rings. The maximum Gasteiger partial charge on any atom is 0.329 e. The topological polar surface area (TPSA) is 66.4 Å². The van der Waals surface area contributed by atoms with Gasteiger partial charge in [0.05, 0.1) is 0 Å². The SMILES string of the molecule is CC1CCC(NC(=O)/C=C/c2ccccc2)(C(=O)O)CC1. The maximum atomic E-state index is 12.0. The van der Waals surface area contributed by atoms with E-state index in [2.05, 4.69) is 12.2 Å². The summed E-state index contributed by atoms with van der Waals surface area (Å²) in [4.78, 5) is 23.6. The molecule has 4 heteroatoms. The second-order valence-electron chi connectivity index (χ2n) is 5.80. The molecule has 0 aromatic heterocycles. The first kappa shape index (κ1) is 15.3. The lowest BCUT2D eigenvalue weighted by Crippen LogP contribution is -2.55. The molecule has 2 N–H and O–H groups in total. The number of hydrogen-bond donors (Lipinski definition) is 2. The number of carbonyl (C=O) groups is 2. The summed E-state index contributed by atoms with van der Waals surface area (Å²) in [6, 6.07) is 9.45. The van der Waals surface area contributed by atoms with Gasteiger partial charge >= 0.3 is 5.97 Å². The first-order valence-corrected chi connectivity index (χ1v) is 7.30. The summed E-state index contributed by atoms with van der Waals surface area (Å²) in [5.74, 6) is -0.763. The number of hydrogen-bond acceptors (Lipinski definition) is 2. The van der Waals surface area contributed by atoms with Crippen LogP contribution in [0.5, 0.6) is 0 Å². The van der Waals surface area contributed by atoms with Crippen LogP contribution in [0.1, 0.15) is 38.2 Å². The van der Waals surface area contributed by atoms with E-state index in [0.717, 1.165) is 18.4 Å². The number of carbonyl (C=O) groups excluding carboxylic acids is 1. The van der Waals surface area contributed by atoms with Crippen LogP contribution in [0.2, 0.25) is 0 Å². The summed E-state index contributed by atoms with van der Waals surface area (Å²) in [5.41, 5.74) is -0.195. The molecule has 1 aromatic rings. The minimum absolute atomic E-state index is 0.351. The van der Waals surface area contributed by atoms with Gasteiger partial charge in [0.2, 0.25) is 5.91 Å². The average molecular weight is 287 g/mol. The molecule has 1 aromatic carbocycles. The molecule has 1 saturated carbocycles. The Kier molecular flexibility index (Phi) is 4.78. The molecule has 4 nitrogen and oxygen atoms in total. The Labute approximate surface area is 124 Å². The largest absolute Gasteiger partial charge is 0.480 e. The molecule has 0 heterocycles. The number of nitrogens with one attached hydrogen (secondary N) is 1. The molecule has 0 radical (unpaired) electrons. The Hall–Kier alpha value is -2.10. The van der Waals surface area contributed by atoms with E-state index in [0.29, 0.717) is 18.8 Å². The van der Waals surface area contributed by atoms with Gasteiger partial charge in [-0.05, 0) is 43.2 Å². The molecule has 1 aliphatic carbocycles. The lowest BCUT2D eigenvalue weighted by molar-refractivity contribution is -0.149. The zero-order valence-electron chi connectivity index (χ0n) is 12.2. The lowest BCUT2D eigenvalue weighted by atomic mass is 9.77. The van der Waals surface area contributed by atoms with Crippen LogP contribution in [0.4, 0.5) is 0 Å². The third kappa shape index (κ3) is 3.94. The fourth-order valence-corrected chi connectivity index (χ4v) is 2.66. The van der Waals surface area contributed by atoms with E-state index >= 15 is 0 Å². The monoisotopic (exact) mass is 287 g/mol. The molecule has 1 fully saturated rings. The number of carboxylic acids is 1. The molecular weight excluding hydrogens is 266 g/mol. The van der Waals surface area contributed by atoms with E-state index < -0.39 is 11.5 Å². The van der Waals surface area contributed by atoms with E-state index in [9.17, 15) is 14.7 Å². The van der Waals surface area contributed by atoms with Crippen LogP contribution in [-0.4, -0.2) is 22.5 Å². The summed E-state index contributed by atoms with van der Waals surface area (Å²) in [6.07, 6.45) is 5.74. The second-order valence-corrected chi connectivity index (χ2v) is 5.80. The third-order valence-electron chi connectivity index (χ3n) is 4.13. The van der Waals surface area contributed by atoms with Crippen molar-refractivity contribution in [2.75, 3.05) is 0 Å². The van der Waals surface area contributed by atoms with Crippen molar-refractivity contribution >= 4 is 18.0 Å². The van der Waals surface area contributed by atoms with Gasteiger partial charge in [0.1, 0.15) is 5.54 Å². The Morgan fingerprint density at radius 1 is 1.24 bits per heavy atom. The predicted octanol–water partition coefficient (Wildman–Crippen LogP) is 2.85. The summed E-state index contributed by atoms with van der Waals surface area (Å²) >= 11 is 0. The first-order chi connectivity index (χ1) is 10.0. The van der Waals surface area contributed by atoms with Crippen molar-refractivity contribution < 1.29 is 14.7 Å². The van der Waals surface area contributed by atoms with Gasteiger partial charge in [-0.3, -0.25) is 4.79 Å². The van der Waals surface area contributed by atoms with Crippen LogP contribution in [-0.2, 0) is 9.59 Å². The van der Waals surface area contributed by atoms with Gasteiger partial charge in [-0.25, -0.2) is 4.79 Å². The normalized spacial score (nSPS) is 25.7. The number of aliphatic carboxylic acids is 1. The highest BCUT2D eigenvalue weighted by Gasteiger charge is 2.42. The fourth-order valence-electron chi connectivity index (χ4n) is 2.66. The van der Waals surface area contributed by atoms with E-state index in [1.807, 2.05) is 30.3 Å². The van der Waals surface area contributed by atoms with Crippen LogP contribution >= 0.6 is 0 Å². The Balaban J connectivity index is 2.02. The van der Waals surface area contributed by atoms with Crippen LogP contribution in [0, 0.1) is 5.92 Å². The molecule has 2 rings (SSSR count). The molecule has 0 bridgehead atoms. The molecule has 0 aliphatic heterocycles. The van der Waals surface area contributed by atoms with E-state index in [-0.39, 0.29) is 5.91 Å². The van der Waals surface area contributed by atoms with Crippen molar-refractivity contribution in [3.05, 3.63) is 42.0 Å². The van der Waals surface area contributed by atoms with Gasteiger partial charge in [-0.15, -0.1) is 0 Å². The maximum absolute atomic E-state index is 12.0. The van der Waals surface area contributed by atoms with Crippen molar-refractivity contribution in [2.24, 2.45) is 5.92 Å². The fraction of sp³-hybridized carbons (Fsp3) is 0.412. The van der Waals surface area contributed by atoms with Crippen molar-refractivity contribution in [3.63, 3.8) is 0 Å². The third-order valence-corrected chi connectivity index (χ3v) is 4.13. The van der Waals surface area contributed by atoms with Gasteiger partial charge in [0.15, 0.2) is 0 Å². The molecule has 0 unspecified atom stereocenters. The lowest BCUT2D eigenvalue weighted by Gasteiger charge is -2.36.